The summed E-state index contributed by atoms with van der Waals surface area (Å²) in [5.74, 6) is 1.91. The molecule has 2 unspecified atom stereocenters. The molecule has 2 aliphatic rings. The molecule has 2 atom stereocenters. The summed E-state index contributed by atoms with van der Waals surface area (Å²) in [5, 5.41) is 2.98. The number of carbonyl (C=O) groups is 2. The molecular weight excluding hydrogens is 514 g/mol. The molecular formula is C27H30BrNO6. The molecule has 0 bridgehead atoms. The first-order valence-corrected chi connectivity index (χ1v) is 12.4. The van der Waals surface area contributed by atoms with Gasteiger partial charge < -0.3 is 24.3 Å². The number of allylic oxidation sites excluding steroid dienone is 2. The number of Topliss-reactive ketones (excluding diaryl/α,β-unsaturated/α-hetero) is 1. The van der Waals surface area contributed by atoms with Crippen molar-refractivity contribution >= 4 is 27.6 Å². The summed E-state index contributed by atoms with van der Waals surface area (Å²) >= 11 is 3.60. The Morgan fingerprint density at radius 1 is 0.886 bits per heavy atom. The largest absolute Gasteiger partial charge is 0.493 e. The molecule has 186 valence electrons. The number of carbonyl (C=O) groups excluding carboxylic acids is 2. The van der Waals surface area contributed by atoms with E-state index >= 15 is 0 Å². The molecule has 0 saturated carbocycles. The molecule has 2 aromatic carbocycles. The maximum atomic E-state index is 13.5. The smallest absolute Gasteiger partial charge is 0.225 e. The van der Waals surface area contributed by atoms with Crippen LogP contribution in [0.2, 0.25) is 0 Å². The van der Waals surface area contributed by atoms with Gasteiger partial charge in [0.2, 0.25) is 5.91 Å². The predicted molar refractivity (Wildman–Crippen MR) is 136 cm³/mol. The van der Waals surface area contributed by atoms with E-state index in [9.17, 15) is 9.59 Å². The predicted octanol–water partition coefficient (Wildman–Crippen LogP) is 5.27. The first-order chi connectivity index (χ1) is 16.7. The van der Waals surface area contributed by atoms with E-state index in [4.69, 9.17) is 18.9 Å². The van der Waals surface area contributed by atoms with Crippen molar-refractivity contribution in [1.29, 1.82) is 0 Å². The molecule has 8 heteroatoms. The second-order valence-corrected chi connectivity index (χ2v) is 9.89. The lowest BCUT2D eigenvalue weighted by Gasteiger charge is -2.35. The minimum atomic E-state index is -0.363. The normalized spacial score (nSPS) is 19.9. The van der Waals surface area contributed by atoms with Gasteiger partial charge in [-0.05, 0) is 61.6 Å². The van der Waals surface area contributed by atoms with Crippen LogP contribution < -0.4 is 24.3 Å². The summed E-state index contributed by atoms with van der Waals surface area (Å²) in [6, 6.07) is 9.43. The van der Waals surface area contributed by atoms with Gasteiger partial charge in [0.05, 0.1) is 27.4 Å². The molecule has 1 aliphatic carbocycles. The van der Waals surface area contributed by atoms with Crippen LogP contribution in [-0.2, 0) is 9.59 Å². The minimum absolute atomic E-state index is 0.0176. The van der Waals surface area contributed by atoms with Gasteiger partial charge in [-0.15, -0.1) is 0 Å². The standard InChI is InChI=1S/C27H30BrNO6/c1-14(2)35-22-7-6-15(10-23(22)32-3)16-8-20-27(21(30)9-16)18(12-26(31)29-20)17-11-24(33-4)25(34-5)13-19(17)28/h6-7,10-11,13-14,16,18H,8-9,12H2,1-5H3,(H,29,31). The number of benzene rings is 2. The molecule has 1 heterocycles. The maximum absolute atomic E-state index is 13.5. The van der Waals surface area contributed by atoms with Gasteiger partial charge in [0.25, 0.3) is 0 Å². The van der Waals surface area contributed by atoms with Crippen molar-refractivity contribution < 1.29 is 28.5 Å². The van der Waals surface area contributed by atoms with Gasteiger partial charge in [-0.25, -0.2) is 0 Å². The quantitative estimate of drug-likeness (QED) is 0.512. The van der Waals surface area contributed by atoms with Crippen LogP contribution >= 0.6 is 15.9 Å². The van der Waals surface area contributed by atoms with Gasteiger partial charge in [0.15, 0.2) is 28.8 Å². The van der Waals surface area contributed by atoms with Crippen molar-refractivity contribution in [3.05, 3.63) is 57.2 Å². The van der Waals surface area contributed by atoms with Crippen LogP contribution in [-0.4, -0.2) is 39.1 Å². The lowest BCUT2D eigenvalue weighted by molar-refractivity contribution is -0.122. The number of nitrogens with one attached hydrogen (secondary N) is 1. The van der Waals surface area contributed by atoms with Crippen LogP contribution in [0.25, 0.3) is 0 Å². The number of hydrogen-bond donors (Lipinski definition) is 1. The van der Waals surface area contributed by atoms with Crippen LogP contribution in [0.3, 0.4) is 0 Å². The van der Waals surface area contributed by atoms with E-state index in [0.717, 1.165) is 15.6 Å². The summed E-state index contributed by atoms with van der Waals surface area (Å²) in [5.41, 5.74) is 3.16. The maximum Gasteiger partial charge on any atom is 0.225 e. The van der Waals surface area contributed by atoms with E-state index in [1.807, 2.05) is 44.2 Å². The van der Waals surface area contributed by atoms with Crippen molar-refractivity contribution in [2.24, 2.45) is 0 Å². The summed E-state index contributed by atoms with van der Waals surface area (Å²) in [4.78, 5) is 26.2. The van der Waals surface area contributed by atoms with Gasteiger partial charge in [0.1, 0.15) is 0 Å². The lowest BCUT2D eigenvalue weighted by Crippen LogP contribution is -2.38. The average Bonchev–Trinajstić information content (AvgIpc) is 2.82. The molecule has 2 aromatic rings. The third-order valence-electron chi connectivity index (χ3n) is 6.44. The number of halogens is 1. The van der Waals surface area contributed by atoms with E-state index in [2.05, 4.69) is 21.2 Å². The topological polar surface area (TPSA) is 83.1 Å². The van der Waals surface area contributed by atoms with E-state index in [1.54, 1.807) is 21.3 Å². The molecule has 1 N–H and O–H groups in total. The lowest BCUT2D eigenvalue weighted by atomic mass is 9.73. The minimum Gasteiger partial charge on any atom is -0.493 e. The SMILES string of the molecule is COc1cc(Br)c(C2CC(=O)NC3=C2C(=O)CC(c2ccc(OC(C)C)c(OC)c2)C3)cc1OC. The third-order valence-corrected chi connectivity index (χ3v) is 7.12. The molecule has 1 aliphatic heterocycles. The molecule has 7 nitrogen and oxygen atoms in total. The van der Waals surface area contributed by atoms with Crippen LogP contribution in [0, 0.1) is 0 Å². The molecule has 0 radical (unpaired) electrons. The van der Waals surface area contributed by atoms with Crippen molar-refractivity contribution in [2.75, 3.05) is 21.3 Å². The molecule has 4 rings (SSSR count). The highest BCUT2D eigenvalue weighted by atomic mass is 79.9. The molecule has 0 spiro atoms. The molecule has 1 amide bonds. The average molecular weight is 544 g/mol. The Hall–Kier alpha value is -3.00. The summed E-state index contributed by atoms with van der Waals surface area (Å²) in [7, 11) is 4.74. The third kappa shape index (κ3) is 5.03. The Balaban J connectivity index is 1.70. The highest BCUT2D eigenvalue weighted by molar-refractivity contribution is 9.10. The van der Waals surface area contributed by atoms with Crippen molar-refractivity contribution in [2.45, 2.75) is 51.0 Å². The van der Waals surface area contributed by atoms with Gasteiger partial charge in [0, 0.05) is 34.5 Å². The Morgan fingerprint density at radius 3 is 2.20 bits per heavy atom. The number of ketones is 1. The van der Waals surface area contributed by atoms with E-state index < -0.39 is 0 Å². The molecule has 0 fully saturated rings. The molecule has 0 aromatic heterocycles. The van der Waals surface area contributed by atoms with Crippen LogP contribution in [0.1, 0.15) is 56.1 Å². The van der Waals surface area contributed by atoms with Gasteiger partial charge in [-0.1, -0.05) is 22.0 Å². The summed E-state index contributed by atoms with van der Waals surface area (Å²) < 4.78 is 23.0. The van der Waals surface area contributed by atoms with Crippen LogP contribution in [0.4, 0.5) is 0 Å². The van der Waals surface area contributed by atoms with E-state index in [1.165, 1.54) is 0 Å². The number of ether oxygens (including phenoxy) is 4. The molecule has 0 saturated heterocycles. The fourth-order valence-electron chi connectivity index (χ4n) is 4.89. The zero-order valence-electron chi connectivity index (χ0n) is 20.6. The molecule has 35 heavy (non-hydrogen) atoms. The zero-order valence-corrected chi connectivity index (χ0v) is 22.2. The second kappa shape index (κ2) is 10.3. The van der Waals surface area contributed by atoms with E-state index in [0.29, 0.717) is 47.1 Å². The number of amides is 1. The Bertz CT molecular complexity index is 1190. The summed E-state index contributed by atoms with van der Waals surface area (Å²) in [6.45, 7) is 3.92. The Labute approximate surface area is 213 Å². The second-order valence-electron chi connectivity index (χ2n) is 9.03. The van der Waals surface area contributed by atoms with Crippen LogP contribution in [0.5, 0.6) is 23.0 Å². The fraction of sp³-hybridized carbons (Fsp3) is 0.407. The number of hydrogen-bond acceptors (Lipinski definition) is 6. The Morgan fingerprint density at radius 2 is 1.54 bits per heavy atom. The van der Waals surface area contributed by atoms with Gasteiger partial charge >= 0.3 is 0 Å². The van der Waals surface area contributed by atoms with Crippen molar-refractivity contribution in [3.63, 3.8) is 0 Å². The van der Waals surface area contributed by atoms with Gasteiger partial charge in [-0.2, -0.15) is 0 Å². The fourth-order valence-corrected chi connectivity index (χ4v) is 5.49. The van der Waals surface area contributed by atoms with Gasteiger partial charge in [-0.3, -0.25) is 9.59 Å². The summed E-state index contributed by atoms with van der Waals surface area (Å²) in [6.07, 6.45) is 1.12. The Kier molecular flexibility index (Phi) is 7.40. The monoisotopic (exact) mass is 543 g/mol. The van der Waals surface area contributed by atoms with Crippen molar-refractivity contribution in [3.8, 4) is 23.0 Å². The highest BCUT2D eigenvalue weighted by Gasteiger charge is 2.39. The zero-order chi connectivity index (χ0) is 25.3. The highest BCUT2D eigenvalue weighted by Crippen LogP contribution is 2.47. The number of methoxy groups -OCH3 is 3. The first-order valence-electron chi connectivity index (χ1n) is 11.6. The first kappa shape index (κ1) is 25.1. The number of rotatable bonds is 7. The van der Waals surface area contributed by atoms with E-state index in [-0.39, 0.29) is 36.1 Å². The van der Waals surface area contributed by atoms with Crippen LogP contribution in [0.15, 0.2) is 46.1 Å². The van der Waals surface area contributed by atoms with Crippen molar-refractivity contribution in [1.82, 2.24) is 5.32 Å².